The first-order valence-electron chi connectivity index (χ1n) is 7.28. The molecule has 0 unspecified atom stereocenters. The highest BCUT2D eigenvalue weighted by molar-refractivity contribution is 6.00. The molecule has 1 spiro atoms. The molecular formula is C15H21N3O3. The quantitative estimate of drug-likeness (QED) is 0.794. The van der Waals surface area contributed by atoms with Crippen molar-refractivity contribution >= 4 is 17.3 Å². The van der Waals surface area contributed by atoms with Crippen LogP contribution >= 0.6 is 0 Å². The van der Waals surface area contributed by atoms with Crippen LogP contribution in [0.5, 0.6) is 0 Å². The monoisotopic (exact) mass is 291 g/mol. The third kappa shape index (κ3) is 2.69. The highest BCUT2D eigenvalue weighted by Crippen LogP contribution is 2.34. The molecule has 0 aromatic heterocycles. The van der Waals surface area contributed by atoms with Gasteiger partial charge in [-0.05, 0) is 18.2 Å². The van der Waals surface area contributed by atoms with E-state index < -0.39 is 5.79 Å². The molecule has 2 saturated heterocycles. The molecule has 0 atom stereocenters. The maximum Gasteiger partial charge on any atom is 0.253 e. The van der Waals surface area contributed by atoms with E-state index in [1.807, 2.05) is 6.07 Å². The van der Waals surface area contributed by atoms with Crippen molar-refractivity contribution in [1.82, 2.24) is 5.32 Å². The number of nitrogens with two attached hydrogens (primary N) is 1. The Morgan fingerprint density at radius 1 is 1.29 bits per heavy atom. The predicted molar refractivity (Wildman–Crippen MR) is 80.3 cm³/mol. The molecule has 114 valence electrons. The highest BCUT2D eigenvalue weighted by Gasteiger charge is 2.40. The molecule has 2 fully saturated rings. The summed E-state index contributed by atoms with van der Waals surface area (Å²) in [7, 11) is 1.63. The number of amides is 1. The van der Waals surface area contributed by atoms with Gasteiger partial charge in [-0.15, -0.1) is 0 Å². The Hall–Kier alpha value is -1.79. The summed E-state index contributed by atoms with van der Waals surface area (Å²) in [5.74, 6) is -0.511. The summed E-state index contributed by atoms with van der Waals surface area (Å²) in [4.78, 5) is 14.2. The lowest BCUT2D eigenvalue weighted by atomic mass is 10.0. The molecule has 0 bridgehead atoms. The third-order valence-corrected chi connectivity index (χ3v) is 4.17. The van der Waals surface area contributed by atoms with Gasteiger partial charge in [-0.25, -0.2) is 0 Å². The SMILES string of the molecule is CNC(=O)c1ccc(N)cc1N1CCC2(CC1)OCCO2. The minimum atomic E-state index is -0.413. The van der Waals surface area contributed by atoms with Gasteiger partial charge in [0, 0.05) is 38.7 Å². The summed E-state index contributed by atoms with van der Waals surface area (Å²) in [6.07, 6.45) is 1.60. The van der Waals surface area contributed by atoms with Crippen LogP contribution in [0.15, 0.2) is 18.2 Å². The van der Waals surface area contributed by atoms with Crippen molar-refractivity contribution in [2.45, 2.75) is 18.6 Å². The molecule has 2 aliphatic rings. The largest absolute Gasteiger partial charge is 0.399 e. The Balaban J connectivity index is 1.81. The molecule has 3 N–H and O–H groups in total. The standard InChI is InChI=1S/C15H21N3O3/c1-17-14(19)12-3-2-11(16)10-13(12)18-6-4-15(5-7-18)20-8-9-21-15/h2-3,10H,4-9,16H2,1H3,(H,17,19). The van der Waals surface area contributed by atoms with Crippen molar-refractivity contribution in [2.24, 2.45) is 0 Å². The minimum absolute atomic E-state index is 0.0985. The number of benzene rings is 1. The van der Waals surface area contributed by atoms with Crippen molar-refractivity contribution in [1.29, 1.82) is 0 Å². The van der Waals surface area contributed by atoms with E-state index in [9.17, 15) is 4.79 Å². The van der Waals surface area contributed by atoms with Crippen LogP contribution in [0.4, 0.5) is 11.4 Å². The first kappa shape index (κ1) is 14.2. The van der Waals surface area contributed by atoms with Crippen molar-refractivity contribution in [3.63, 3.8) is 0 Å². The highest BCUT2D eigenvalue weighted by atomic mass is 16.7. The Morgan fingerprint density at radius 2 is 1.95 bits per heavy atom. The second kappa shape index (κ2) is 5.54. The van der Waals surface area contributed by atoms with E-state index in [0.29, 0.717) is 24.5 Å². The number of carbonyl (C=O) groups excluding carboxylic acids is 1. The molecule has 0 saturated carbocycles. The lowest BCUT2D eigenvalue weighted by Crippen LogP contribution is -2.45. The Labute approximate surface area is 124 Å². The number of nitrogens with one attached hydrogen (secondary N) is 1. The van der Waals surface area contributed by atoms with E-state index in [2.05, 4.69) is 10.2 Å². The fourth-order valence-electron chi connectivity index (χ4n) is 3.01. The summed E-state index contributed by atoms with van der Waals surface area (Å²) in [5.41, 5.74) is 8.07. The van der Waals surface area contributed by atoms with E-state index in [0.717, 1.165) is 31.6 Å². The molecule has 3 rings (SSSR count). The fraction of sp³-hybridized carbons (Fsp3) is 0.533. The Bertz CT molecular complexity index is 531. The second-order valence-corrected chi connectivity index (χ2v) is 5.45. The first-order chi connectivity index (χ1) is 10.1. The minimum Gasteiger partial charge on any atom is -0.399 e. The van der Waals surface area contributed by atoms with Crippen LogP contribution in [-0.2, 0) is 9.47 Å². The van der Waals surface area contributed by atoms with Gasteiger partial charge >= 0.3 is 0 Å². The lowest BCUT2D eigenvalue weighted by molar-refractivity contribution is -0.169. The number of piperidine rings is 1. The Kier molecular flexibility index (Phi) is 3.73. The maximum absolute atomic E-state index is 12.0. The number of hydrogen-bond acceptors (Lipinski definition) is 5. The number of nitrogen functional groups attached to an aromatic ring is 1. The number of hydrogen-bond donors (Lipinski definition) is 2. The zero-order chi connectivity index (χ0) is 14.9. The molecule has 2 aliphatic heterocycles. The first-order valence-corrected chi connectivity index (χ1v) is 7.28. The average Bonchev–Trinajstić information content (AvgIpc) is 2.95. The van der Waals surface area contributed by atoms with Crippen molar-refractivity contribution in [3.05, 3.63) is 23.8 Å². The predicted octanol–water partition coefficient (Wildman–Crippen LogP) is 0.972. The molecule has 6 nitrogen and oxygen atoms in total. The van der Waals surface area contributed by atoms with Crippen molar-refractivity contribution < 1.29 is 14.3 Å². The zero-order valence-corrected chi connectivity index (χ0v) is 12.2. The van der Waals surface area contributed by atoms with E-state index in [1.54, 1.807) is 19.2 Å². The number of rotatable bonds is 2. The van der Waals surface area contributed by atoms with Gasteiger partial charge in [0.05, 0.1) is 24.5 Å². The third-order valence-electron chi connectivity index (χ3n) is 4.17. The normalized spacial score (nSPS) is 20.7. The smallest absolute Gasteiger partial charge is 0.253 e. The fourth-order valence-corrected chi connectivity index (χ4v) is 3.01. The lowest BCUT2D eigenvalue weighted by Gasteiger charge is -2.39. The van der Waals surface area contributed by atoms with Crippen LogP contribution in [0.2, 0.25) is 0 Å². The van der Waals surface area contributed by atoms with Crippen LogP contribution in [-0.4, -0.2) is 45.0 Å². The zero-order valence-electron chi connectivity index (χ0n) is 12.2. The van der Waals surface area contributed by atoms with Crippen LogP contribution in [0.25, 0.3) is 0 Å². The number of anilines is 2. The van der Waals surface area contributed by atoms with Crippen LogP contribution < -0.4 is 16.0 Å². The topological polar surface area (TPSA) is 76.8 Å². The molecule has 1 aromatic rings. The maximum atomic E-state index is 12.0. The van der Waals surface area contributed by atoms with Gasteiger partial charge in [-0.3, -0.25) is 4.79 Å². The number of nitrogens with zero attached hydrogens (tertiary/aromatic N) is 1. The number of carbonyl (C=O) groups is 1. The van der Waals surface area contributed by atoms with E-state index in [4.69, 9.17) is 15.2 Å². The van der Waals surface area contributed by atoms with Gasteiger partial charge in [-0.1, -0.05) is 0 Å². The molecule has 21 heavy (non-hydrogen) atoms. The summed E-state index contributed by atoms with van der Waals surface area (Å²) < 4.78 is 11.5. The van der Waals surface area contributed by atoms with Gasteiger partial charge in [0.2, 0.25) is 0 Å². The molecular weight excluding hydrogens is 270 g/mol. The molecule has 6 heteroatoms. The molecule has 1 aromatic carbocycles. The van der Waals surface area contributed by atoms with E-state index in [-0.39, 0.29) is 5.91 Å². The van der Waals surface area contributed by atoms with Gasteiger partial charge in [-0.2, -0.15) is 0 Å². The van der Waals surface area contributed by atoms with Gasteiger partial charge in [0.1, 0.15) is 0 Å². The second-order valence-electron chi connectivity index (χ2n) is 5.45. The molecule has 0 radical (unpaired) electrons. The van der Waals surface area contributed by atoms with Crippen molar-refractivity contribution in [3.8, 4) is 0 Å². The molecule has 0 aliphatic carbocycles. The van der Waals surface area contributed by atoms with E-state index >= 15 is 0 Å². The average molecular weight is 291 g/mol. The van der Waals surface area contributed by atoms with E-state index in [1.165, 1.54) is 0 Å². The summed E-state index contributed by atoms with van der Waals surface area (Å²) in [5, 5.41) is 2.67. The Morgan fingerprint density at radius 3 is 2.57 bits per heavy atom. The van der Waals surface area contributed by atoms with Gasteiger partial charge in [0.25, 0.3) is 5.91 Å². The summed E-state index contributed by atoms with van der Waals surface area (Å²) in [6, 6.07) is 5.39. The summed E-state index contributed by atoms with van der Waals surface area (Å²) >= 11 is 0. The molecule has 1 amide bonds. The van der Waals surface area contributed by atoms with Crippen LogP contribution in [0.1, 0.15) is 23.2 Å². The van der Waals surface area contributed by atoms with Gasteiger partial charge in [0.15, 0.2) is 5.79 Å². The van der Waals surface area contributed by atoms with Crippen LogP contribution in [0.3, 0.4) is 0 Å². The van der Waals surface area contributed by atoms with Crippen molar-refractivity contribution in [2.75, 3.05) is 44.0 Å². The van der Waals surface area contributed by atoms with Crippen LogP contribution in [0, 0.1) is 0 Å². The summed E-state index contributed by atoms with van der Waals surface area (Å²) in [6.45, 7) is 2.91. The number of ether oxygens (including phenoxy) is 2. The molecule has 2 heterocycles. The van der Waals surface area contributed by atoms with Gasteiger partial charge < -0.3 is 25.4 Å².